The molecule has 0 saturated carbocycles. The summed E-state index contributed by atoms with van der Waals surface area (Å²) >= 11 is 0. The van der Waals surface area contributed by atoms with E-state index in [2.05, 4.69) is 21.9 Å². The standard InChI is InChI=1S/C18H33N3O4/c1-4-19-18(20-12-8-6-5-7-9-16(22)24-2)21-13-10-15(11-14-21)17(23)25-3/h15H,4-14H2,1-3H3,(H,19,20). The summed E-state index contributed by atoms with van der Waals surface area (Å²) in [7, 11) is 2.87. The summed E-state index contributed by atoms with van der Waals surface area (Å²) in [6, 6.07) is 0. The molecule has 0 aromatic carbocycles. The molecule has 0 aromatic rings. The van der Waals surface area contributed by atoms with E-state index in [1.54, 1.807) is 0 Å². The molecule has 144 valence electrons. The van der Waals surface area contributed by atoms with Crippen LogP contribution in [0.5, 0.6) is 0 Å². The minimum atomic E-state index is -0.136. The zero-order valence-electron chi connectivity index (χ0n) is 15.9. The molecule has 0 aromatic heterocycles. The maximum atomic E-state index is 11.6. The topological polar surface area (TPSA) is 80.2 Å². The summed E-state index contributed by atoms with van der Waals surface area (Å²) in [5, 5.41) is 3.33. The lowest BCUT2D eigenvalue weighted by atomic mass is 9.97. The predicted molar refractivity (Wildman–Crippen MR) is 97.4 cm³/mol. The molecule has 0 atom stereocenters. The Bertz CT molecular complexity index is 432. The van der Waals surface area contributed by atoms with Crippen molar-refractivity contribution in [3.8, 4) is 0 Å². The van der Waals surface area contributed by atoms with Gasteiger partial charge in [0.25, 0.3) is 0 Å². The number of hydrogen-bond donors (Lipinski definition) is 1. The van der Waals surface area contributed by atoms with Crippen LogP contribution in [0.4, 0.5) is 0 Å². The van der Waals surface area contributed by atoms with Crippen LogP contribution < -0.4 is 5.32 Å². The number of methoxy groups -OCH3 is 2. The number of nitrogens with one attached hydrogen (secondary N) is 1. The SMILES string of the molecule is CCNC(=NCCCCCCC(=O)OC)N1CCC(C(=O)OC)CC1. The van der Waals surface area contributed by atoms with Crippen molar-refractivity contribution in [3.05, 3.63) is 0 Å². The number of nitrogens with zero attached hydrogens (tertiary/aromatic N) is 2. The number of ether oxygens (including phenoxy) is 2. The lowest BCUT2D eigenvalue weighted by Crippen LogP contribution is -2.46. The average Bonchev–Trinajstić information content (AvgIpc) is 2.65. The second-order valence-electron chi connectivity index (χ2n) is 6.26. The van der Waals surface area contributed by atoms with Gasteiger partial charge in [0.2, 0.25) is 0 Å². The fourth-order valence-electron chi connectivity index (χ4n) is 2.94. The van der Waals surface area contributed by atoms with Gasteiger partial charge in [0.05, 0.1) is 20.1 Å². The van der Waals surface area contributed by atoms with Gasteiger partial charge in [-0.15, -0.1) is 0 Å². The Kier molecular flexibility index (Phi) is 10.7. The summed E-state index contributed by atoms with van der Waals surface area (Å²) in [6.07, 6.45) is 6.08. The van der Waals surface area contributed by atoms with Crippen molar-refractivity contribution >= 4 is 17.9 Å². The van der Waals surface area contributed by atoms with Crippen LogP contribution >= 0.6 is 0 Å². The first-order valence-electron chi connectivity index (χ1n) is 9.30. The molecule has 0 spiro atoms. The van der Waals surface area contributed by atoms with E-state index in [0.29, 0.717) is 6.42 Å². The van der Waals surface area contributed by atoms with Gasteiger partial charge in [-0.3, -0.25) is 14.6 Å². The third kappa shape index (κ3) is 8.23. The Morgan fingerprint density at radius 2 is 1.76 bits per heavy atom. The summed E-state index contributed by atoms with van der Waals surface area (Å²) in [5.41, 5.74) is 0. The van der Waals surface area contributed by atoms with Gasteiger partial charge in [-0.25, -0.2) is 0 Å². The van der Waals surface area contributed by atoms with Crippen LogP contribution in [0, 0.1) is 5.92 Å². The molecule has 0 unspecified atom stereocenters. The van der Waals surface area contributed by atoms with E-state index in [0.717, 1.165) is 70.7 Å². The molecule has 0 bridgehead atoms. The molecular weight excluding hydrogens is 322 g/mol. The van der Waals surface area contributed by atoms with Gasteiger partial charge in [-0.1, -0.05) is 12.8 Å². The van der Waals surface area contributed by atoms with Crippen molar-refractivity contribution in [2.45, 2.75) is 51.9 Å². The molecule has 7 nitrogen and oxygen atoms in total. The maximum Gasteiger partial charge on any atom is 0.308 e. The number of piperidine rings is 1. The number of likely N-dealkylation sites (tertiary alicyclic amines) is 1. The highest BCUT2D eigenvalue weighted by atomic mass is 16.5. The predicted octanol–water partition coefficient (Wildman–Crippen LogP) is 1.96. The van der Waals surface area contributed by atoms with Gasteiger partial charge in [0.1, 0.15) is 0 Å². The van der Waals surface area contributed by atoms with Crippen LogP contribution in [0.3, 0.4) is 0 Å². The van der Waals surface area contributed by atoms with Crippen LogP contribution in [0.25, 0.3) is 0 Å². The van der Waals surface area contributed by atoms with E-state index < -0.39 is 0 Å². The molecular formula is C18H33N3O4. The molecule has 1 aliphatic heterocycles. The zero-order chi connectivity index (χ0) is 18.5. The monoisotopic (exact) mass is 355 g/mol. The highest BCUT2D eigenvalue weighted by molar-refractivity contribution is 5.80. The summed E-state index contributed by atoms with van der Waals surface area (Å²) in [5.74, 6) is 0.704. The van der Waals surface area contributed by atoms with E-state index in [-0.39, 0.29) is 17.9 Å². The molecule has 1 N–H and O–H groups in total. The second-order valence-corrected chi connectivity index (χ2v) is 6.26. The van der Waals surface area contributed by atoms with Gasteiger partial charge in [0.15, 0.2) is 5.96 Å². The van der Waals surface area contributed by atoms with Crippen LogP contribution in [0.2, 0.25) is 0 Å². The first-order valence-corrected chi connectivity index (χ1v) is 9.30. The molecule has 1 aliphatic rings. The summed E-state index contributed by atoms with van der Waals surface area (Å²) in [6.45, 7) is 5.31. The number of guanidine groups is 1. The number of aliphatic imine (C=N–C) groups is 1. The van der Waals surface area contributed by atoms with Gasteiger partial charge in [-0.2, -0.15) is 0 Å². The normalized spacial score (nSPS) is 15.8. The van der Waals surface area contributed by atoms with Gasteiger partial charge in [-0.05, 0) is 32.6 Å². The van der Waals surface area contributed by atoms with E-state index >= 15 is 0 Å². The first kappa shape index (κ1) is 21.3. The Hall–Kier alpha value is -1.79. The molecule has 0 aliphatic carbocycles. The lowest BCUT2D eigenvalue weighted by Gasteiger charge is -2.33. The Labute approximate surface area is 151 Å². The van der Waals surface area contributed by atoms with Crippen LogP contribution in [0.1, 0.15) is 51.9 Å². The van der Waals surface area contributed by atoms with Crippen LogP contribution in [0.15, 0.2) is 4.99 Å². The van der Waals surface area contributed by atoms with Gasteiger partial charge >= 0.3 is 11.9 Å². The van der Waals surface area contributed by atoms with E-state index in [9.17, 15) is 9.59 Å². The summed E-state index contributed by atoms with van der Waals surface area (Å²) in [4.78, 5) is 29.6. The molecule has 25 heavy (non-hydrogen) atoms. The quantitative estimate of drug-likeness (QED) is 0.295. The molecule has 0 amide bonds. The van der Waals surface area contributed by atoms with E-state index in [1.165, 1.54) is 14.2 Å². The lowest BCUT2D eigenvalue weighted by molar-refractivity contribution is -0.146. The van der Waals surface area contributed by atoms with Crippen LogP contribution in [-0.2, 0) is 19.1 Å². The molecule has 1 saturated heterocycles. The second kappa shape index (κ2) is 12.6. The smallest absolute Gasteiger partial charge is 0.308 e. The molecule has 1 rings (SSSR count). The Morgan fingerprint density at radius 1 is 1.08 bits per heavy atom. The minimum absolute atomic E-state index is 0.0129. The average molecular weight is 355 g/mol. The van der Waals surface area contributed by atoms with E-state index in [1.807, 2.05) is 0 Å². The van der Waals surface area contributed by atoms with Crippen molar-refractivity contribution in [3.63, 3.8) is 0 Å². The molecule has 7 heteroatoms. The molecule has 0 radical (unpaired) electrons. The number of carbonyl (C=O) groups is 2. The number of unbranched alkanes of at least 4 members (excludes halogenated alkanes) is 3. The zero-order valence-corrected chi connectivity index (χ0v) is 15.9. The first-order chi connectivity index (χ1) is 12.1. The number of hydrogen-bond acceptors (Lipinski definition) is 5. The highest BCUT2D eigenvalue weighted by Gasteiger charge is 2.26. The Morgan fingerprint density at radius 3 is 2.36 bits per heavy atom. The fourth-order valence-corrected chi connectivity index (χ4v) is 2.94. The maximum absolute atomic E-state index is 11.6. The van der Waals surface area contributed by atoms with Gasteiger partial charge < -0.3 is 19.7 Å². The molecule has 1 fully saturated rings. The molecule has 1 heterocycles. The van der Waals surface area contributed by atoms with Crippen molar-refractivity contribution in [1.29, 1.82) is 0 Å². The largest absolute Gasteiger partial charge is 0.469 e. The number of rotatable bonds is 9. The number of carbonyl (C=O) groups excluding carboxylic acids is 2. The fraction of sp³-hybridized carbons (Fsp3) is 0.833. The Balaban J connectivity index is 2.30. The van der Waals surface area contributed by atoms with E-state index in [4.69, 9.17) is 9.73 Å². The minimum Gasteiger partial charge on any atom is -0.469 e. The van der Waals surface area contributed by atoms with Gasteiger partial charge in [0, 0.05) is 32.6 Å². The third-order valence-corrected chi connectivity index (χ3v) is 4.44. The highest BCUT2D eigenvalue weighted by Crippen LogP contribution is 2.18. The van der Waals surface area contributed by atoms with Crippen LogP contribution in [-0.4, -0.2) is 63.2 Å². The van der Waals surface area contributed by atoms with Crippen molar-refractivity contribution in [2.24, 2.45) is 10.9 Å². The van der Waals surface area contributed by atoms with Crippen molar-refractivity contribution in [2.75, 3.05) is 40.4 Å². The number of esters is 2. The summed E-state index contributed by atoms with van der Waals surface area (Å²) < 4.78 is 9.46. The third-order valence-electron chi connectivity index (χ3n) is 4.44. The van der Waals surface area contributed by atoms with Crippen molar-refractivity contribution in [1.82, 2.24) is 10.2 Å². The van der Waals surface area contributed by atoms with Crippen molar-refractivity contribution < 1.29 is 19.1 Å².